The molecule has 1 heterocycles. The molecule has 0 unspecified atom stereocenters. The van der Waals surface area contributed by atoms with Crippen LogP contribution in [0.25, 0.3) is 0 Å². The Morgan fingerprint density at radius 3 is 2.10 bits per heavy atom. The molecule has 2 aliphatic rings. The van der Waals surface area contributed by atoms with Gasteiger partial charge in [0.25, 0.3) is 0 Å². The summed E-state index contributed by atoms with van der Waals surface area (Å²) in [6.45, 7) is 8.99. The van der Waals surface area contributed by atoms with Crippen molar-refractivity contribution in [1.29, 1.82) is 0 Å². The molecule has 2 rings (SSSR count). The fraction of sp³-hybridized carbons (Fsp3) is 0.875. The second-order valence-electron chi connectivity index (χ2n) is 7.21. The van der Waals surface area contributed by atoms with Gasteiger partial charge in [-0.2, -0.15) is 0 Å². The fourth-order valence-corrected chi connectivity index (χ4v) is 3.20. The third kappa shape index (κ3) is 4.70. The summed E-state index contributed by atoms with van der Waals surface area (Å²) in [5, 5.41) is 0. The Hall–Kier alpha value is -1.10. The van der Waals surface area contributed by atoms with E-state index in [0.717, 1.165) is 58.1 Å². The van der Waals surface area contributed by atoms with Crippen molar-refractivity contribution in [1.82, 2.24) is 9.80 Å². The van der Waals surface area contributed by atoms with E-state index in [9.17, 15) is 9.59 Å². The lowest BCUT2D eigenvalue weighted by atomic mass is 9.86. The third-order valence-electron chi connectivity index (χ3n) is 4.42. The van der Waals surface area contributed by atoms with Gasteiger partial charge in [0.2, 0.25) is 0 Å². The number of piperazine rings is 1. The van der Waals surface area contributed by atoms with Crippen molar-refractivity contribution in [2.24, 2.45) is 5.92 Å². The summed E-state index contributed by atoms with van der Waals surface area (Å²) in [5.74, 6) is 0.268. The third-order valence-corrected chi connectivity index (χ3v) is 4.42. The van der Waals surface area contributed by atoms with Crippen molar-refractivity contribution in [3.63, 3.8) is 0 Å². The summed E-state index contributed by atoms with van der Waals surface area (Å²) < 4.78 is 5.42. The monoisotopic (exact) mass is 296 g/mol. The smallest absolute Gasteiger partial charge is 0.410 e. The van der Waals surface area contributed by atoms with Gasteiger partial charge in [-0.15, -0.1) is 0 Å². The van der Waals surface area contributed by atoms with E-state index >= 15 is 0 Å². The van der Waals surface area contributed by atoms with Crippen molar-refractivity contribution in [3.05, 3.63) is 0 Å². The van der Waals surface area contributed by atoms with E-state index in [1.807, 2.05) is 20.8 Å². The molecule has 1 amide bonds. The molecular formula is C16H28N2O3. The fourth-order valence-electron chi connectivity index (χ4n) is 3.20. The second-order valence-corrected chi connectivity index (χ2v) is 7.21. The average Bonchev–Trinajstić information content (AvgIpc) is 2.46. The average molecular weight is 296 g/mol. The molecule has 1 aliphatic heterocycles. The van der Waals surface area contributed by atoms with E-state index in [1.165, 1.54) is 0 Å². The van der Waals surface area contributed by atoms with Gasteiger partial charge in [0.15, 0.2) is 0 Å². The van der Waals surface area contributed by atoms with Gasteiger partial charge in [0, 0.05) is 38.1 Å². The van der Waals surface area contributed by atoms with Gasteiger partial charge >= 0.3 is 6.09 Å². The maximum Gasteiger partial charge on any atom is 0.410 e. The predicted octanol–water partition coefficient (Wildman–Crippen LogP) is 2.30. The van der Waals surface area contributed by atoms with Crippen LogP contribution in [-0.4, -0.2) is 60.0 Å². The molecule has 0 radical (unpaired) electrons. The Balaban J connectivity index is 1.76. The summed E-state index contributed by atoms with van der Waals surface area (Å²) in [5.41, 5.74) is -0.429. The van der Waals surface area contributed by atoms with Crippen LogP contribution in [0.15, 0.2) is 0 Å². The van der Waals surface area contributed by atoms with Crippen LogP contribution >= 0.6 is 0 Å². The highest BCUT2D eigenvalue weighted by atomic mass is 16.6. The molecule has 0 aromatic carbocycles. The van der Waals surface area contributed by atoms with Crippen molar-refractivity contribution < 1.29 is 14.3 Å². The molecule has 5 nitrogen and oxygen atoms in total. The summed E-state index contributed by atoms with van der Waals surface area (Å²) in [6.07, 6.45) is 5.15. The number of ether oxygens (including phenoxy) is 1. The van der Waals surface area contributed by atoms with Gasteiger partial charge in [-0.3, -0.25) is 4.90 Å². The first-order chi connectivity index (χ1) is 9.89. The molecule has 0 bridgehead atoms. The zero-order valence-electron chi connectivity index (χ0n) is 13.5. The zero-order chi connectivity index (χ0) is 15.5. The second kappa shape index (κ2) is 6.77. The molecule has 1 aliphatic carbocycles. The highest BCUT2D eigenvalue weighted by Crippen LogP contribution is 2.27. The highest BCUT2D eigenvalue weighted by Gasteiger charge is 2.30. The molecule has 1 saturated carbocycles. The first-order valence-corrected chi connectivity index (χ1v) is 8.06. The van der Waals surface area contributed by atoms with Crippen LogP contribution in [0.5, 0.6) is 0 Å². The number of carbonyl (C=O) groups excluding carboxylic acids is 2. The quantitative estimate of drug-likeness (QED) is 0.734. The number of nitrogens with zero attached hydrogens (tertiary/aromatic N) is 2. The van der Waals surface area contributed by atoms with E-state index < -0.39 is 5.60 Å². The number of hydrogen-bond acceptors (Lipinski definition) is 4. The van der Waals surface area contributed by atoms with Gasteiger partial charge in [-0.1, -0.05) is 0 Å². The van der Waals surface area contributed by atoms with Crippen molar-refractivity contribution in [2.45, 2.75) is 58.1 Å². The number of rotatable bonds is 2. The molecular weight excluding hydrogens is 268 g/mol. The van der Waals surface area contributed by atoms with Crippen LogP contribution in [0.3, 0.4) is 0 Å². The minimum absolute atomic E-state index is 0.202. The molecule has 120 valence electrons. The largest absolute Gasteiger partial charge is 0.444 e. The van der Waals surface area contributed by atoms with E-state index in [-0.39, 0.29) is 12.0 Å². The number of hydrogen-bond donors (Lipinski definition) is 0. The first-order valence-electron chi connectivity index (χ1n) is 8.06. The predicted molar refractivity (Wildman–Crippen MR) is 81.2 cm³/mol. The van der Waals surface area contributed by atoms with Crippen LogP contribution < -0.4 is 0 Å². The Kier molecular flexibility index (Phi) is 5.25. The Bertz CT molecular complexity index is 362. The van der Waals surface area contributed by atoms with Crippen LogP contribution in [0, 0.1) is 5.92 Å². The minimum Gasteiger partial charge on any atom is -0.444 e. The molecule has 1 saturated heterocycles. The Morgan fingerprint density at radius 1 is 1.05 bits per heavy atom. The van der Waals surface area contributed by atoms with Crippen LogP contribution in [0.1, 0.15) is 46.5 Å². The molecule has 21 heavy (non-hydrogen) atoms. The maximum atomic E-state index is 12.0. The van der Waals surface area contributed by atoms with E-state index in [1.54, 1.807) is 4.90 Å². The first kappa shape index (κ1) is 16.3. The lowest BCUT2D eigenvalue weighted by Crippen LogP contribution is -2.53. The SMILES string of the molecule is CC(C)(C)OC(=O)N1CCN([C@H]2CC[C@H](C=O)CC2)CC1. The topological polar surface area (TPSA) is 49.9 Å². The van der Waals surface area contributed by atoms with E-state index in [0.29, 0.717) is 6.04 Å². The van der Waals surface area contributed by atoms with Gasteiger partial charge in [-0.25, -0.2) is 4.79 Å². The van der Waals surface area contributed by atoms with Crippen molar-refractivity contribution >= 4 is 12.4 Å². The maximum absolute atomic E-state index is 12.0. The van der Waals surface area contributed by atoms with E-state index in [4.69, 9.17) is 4.74 Å². The molecule has 5 heteroatoms. The molecule has 2 fully saturated rings. The van der Waals surface area contributed by atoms with Crippen molar-refractivity contribution in [3.8, 4) is 0 Å². The number of amides is 1. The minimum atomic E-state index is -0.429. The van der Waals surface area contributed by atoms with Gasteiger partial charge in [0.05, 0.1) is 0 Å². The normalized spacial score (nSPS) is 28.2. The van der Waals surface area contributed by atoms with Crippen LogP contribution in [0.2, 0.25) is 0 Å². The van der Waals surface area contributed by atoms with Gasteiger partial charge in [-0.05, 0) is 46.5 Å². The van der Waals surface area contributed by atoms with Crippen molar-refractivity contribution in [2.75, 3.05) is 26.2 Å². The Labute approximate surface area is 127 Å². The molecule has 0 aromatic rings. The number of aldehydes is 1. The van der Waals surface area contributed by atoms with Crippen LogP contribution in [0.4, 0.5) is 4.79 Å². The summed E-state index contributed by atoms with van der Waals surface area (Å²) in [4.78, 5) is 27.1. The van der Waals surface area contributed by atoms with E-state index in [2.05, 4.69) is 4.90 Å². The molecule has 0 N–H and O–H groups in total. The zero-order valence-corrected chi connectivity index (χ0v) is 13.5. The standard InChI is InChI=1S/C16H28N2O3/c1-16(2,3)21-15(20)18-10-8-17(9-11-18)14-6-4-13(12-19)5-7-14/h12-14H,4-11H2,1-3H3/t13-,14-. The highest BCUT2D eigenvalue weighted by molar-refractivity contribution is 5.68. The lowest BCUT2D eigenvalue weighted by molar-refractivity contribution is -0.112. The van der Waals surface area contributed by atoms with Crippen LogP contribution in [-0.2, 0) is 9.53 Å². The summed E-state index contributed by atoms with van der Waals surface area (Å²) >= 11 is 0. The number of carbonyl (C=O) groups is 2. The molecule has 0 aromatic heterocycles. The summed E-state index contributed by atoms with van der Waals surface area (Å²) in [6, 6.07) is 0.585. The summed E-state index contributed by atoms with van der Waals surface area (Å²) in [7, 11) is 0. The lowest BCUT2D eigenvalue weighted by Gasteiger charge is -2.41. The molecule has 0 atom stereocenters. The molecule has 0 spiro atoms. The van der Waals surface area contributed by atoms with Gasteiger partial charge in [0.1, 0.15) is 11.9 Å². The Morgan fingerprint density at radius 2 is 1.62 bits per heavy atom. The van der Waals surface area contributed by atoms with Gasteiger partial charge < -0.3 is 14.4 Å².